The summed E-state index contributed by atoms with van der Waals surface area (Å²) in [6.07, 6.45) is 6.35. The molecule has 1 aliphatic rings. The van der Waals surface area contributed by atoms with E-state index in [1.807, 2.05) is 0 Å². The number of ether oxygens (including phenoxy) is 1. The van der Waals surface area contributed by atoms with Gasteiger partial charge in [0, 0.05) is 12.8 Å². The number of carbonyl (C=O) groups is 1. The topological polar surface area (TPSA) is 56.2 Å². The highest BCUT2D eigenvalue weighted by atomic mass is 19.1. The zero-order chi connectivity index (χ0) is 16.2. The second-order valence-electron chi connectivity index (χ2n) is 5.49. The summed E-state index contributed by atoms with van der Waals surface area (Å²) in [5, 5.41) is 6.59. The molecule has 23 heavy (non-hydrogen) atoms. The maximum absolute atomic E-state index is 13.6. The zero-order valence-corrected chi connectivity index (χ0v) is 12.5. The van der Waals surface area contributed by atoms with Gasteiger partial charge in [-0.1, -0.05) is 6.07 Å². The summed E-state index contributed by atoms with van der Waals surface area (Å²) < 4.78 is 34.4. The summed E-state index contributed by atoms with van der Waals surface area (Å²) in [7, 11) is 0. The molecule has 1 saturated heterocycles. The Balaban J connectivity index is 1.65. The number of aromatic nitrogens is 2. The molecule has 1 atom stereocenters. The number of carbonyl (C=O) groups excluding carboxylic acids is 1. The van der Waals surface area contributed by atoms with Crippen molar-refractivity contribution in [2.45, 2.75) is 31.9 Å². The van der Waals surface area contributed by atoms with Crippen LogP contribution in [-0.2, 0) is 11.3 Å². The van der Waals surface area contributed by atoms with Crippen molar-refractivity contribution in [3.05, 3.63) is 47.8 Å². The van der Waals surface area contributed by atoms with E-state index in [1.165, 1.54) is 12.3 Å². The van der Waals surface area contributed by atoms with Crippen LogP contribution in [0, 0.1) is 11.6 Å². The van der Waals surface area contributed by atoms with Gasteiger partial charge < -0.3 is 10.1 Å². The molecule has 1 aromatic carbocycles. The molecule has 0 spiro atoms. The second kappa shape index (κ2) is 6.87. The van der Waals surface area contributed by atoms with Crippen LogP contribution in [0.5, 0.6) is 0 Å². The normalized spacial score (nSPS) is 17.9. The average Bonchev–Trinajstić information content (AvgIpc) is 2.95. The predicted octanol–water partition coefficient (Wildman–Crippen LogP) is 2.98. The number of rotatable bonds is 4. The van der Waals surface area contributed by atoms with Crippen molar-refractivity contribution in [2.75, 3.05) is 11.9 Å². The van der Waals surface area contributed by atoms with Crippen molar-refractivity contribution in [3.63, 3.8) is 0 Å². The van der Waals surface area contributed by atoms with Crippen molar-refractivity contribution in [2.24, 2.45) is 0 Å². The lowest BCUT2D eigenvalue weighted by Gasteiger charge is -2.22. The average molecular weight is 321 g/mol. The van der Waals surface area contributed by atoms with Gasteiger partial charge in [-0.2, -0.15) is 5.10 Å². The largest absolute Gasteiger partial charge is 0.376 e. The Bertz CT molecular complexity index is 676. The van der Waals surface area contributed by atoms with Crippen molar-refractivity contribution >= 4 is 11.6 Å². The predicted molar refractivity (Wildman–Crippen MR) is 80.1 cm³/mol. The third-order valence-corrected chi connectivity index (χ3v) is 3.75. The highest BCUT2D eigenvalue weighted by molar-refractivity contribution is 6.04. The molecule has 2 aromatic rings. The first-order valence-corrected chi connectivity index (χ1v) is 7.53. The smallest absolute Gasteiger partial charge is 0.261 e. The van der Waals surface area contributed by atoms with Crippen LogP contribution in [0.2, 0.25) is 0 Å². The minimum atomic E-state index is -0.898. The number of halogens is 2. The third-order valence-electron chi connectivity index (χ3n) is 3.75. The first-order chi connectivity index (χ1) is 11.1. The van der Waals surface area contributed by atoms with E-state index in [-0.39, 0.29) is 6.10 Å². The molecule has 3 rings (SSSR count). The lowest BCUT2D eigenvalue weighted by Crippen LogP contribution is -2.24. The summed E-state index contributed by atoms with van der Waals surface area (Å²) in [5.74, 6) is -2.63. The Kier molecular flexibility index (Phi) is 4.66. The van der Waals surface area contributed by atoms with Crippen molar-refractivity contribution in [1.82, 2.24) is 9.78 Å². The number of hydrogen-bond donors (Lipinski definition) is 1. The Morgan fingerprint density at radius 1 is 1.35 bits per heavy atom. The summed E-state index contributed by atoms with van der Waals surface area (Å²) in [6.45, 7) is 1.34. The van der Waals surface area contributed by atoms with Crippen molar-refractivity contribution in [1.29, 1.82) is 0 Å². The molecule has 7 heteroatoms. The van der Waals surface area contributed by atoms with Gasteiger partial charge in [0.25, 0.3) is 5.91 Å². The molecule has 1 amide bonds. The summed E-state index contributed by atoms with van der Waals surface area (Å²) in [4.78, 5) is 12.0. The standard InChI is InChI=1S/C16H17F2N3O2/c17-13-5-3-6-14(18)15(13)16(22)20-11-8-19-21(9-11)10-12-4-1-2-7-23-12/h3,5-6,8-9,12H,1-2,4,7,10H2,(H,20,22)/t12-/m1/s1. The van der Waals surface area contributed by atoms with Crippen molar-refractivity contribution < 1.29 is 18.3 Å². The minimum absolute atomic E-state index is 0.108. The summed E-state index contributed by atoms with van der Waals surface area (Å²) >= 11 is 0. The molecule has 0 radical (unpaired) electrons. The summed E-state index contributed by atoms with van der Waals surface area (Å²) in [6, 6.07) is 3.30. The molecule has 1 N–H and O–H groups in total. The van der Waals surface area contributed by atoms with Crippen LogP contribution in [0.4, 0.5) is 14.5 Å². The van der Waals surface area contributed by atoms with E-state index in [0.29, 0.717) is 12.2 Å². The molecule has 0 saturated carbocycles. The first-order valence-electron chi connectivity index (χ1n) is 7.53. The monoisotopic (exact) mass is 321 g/mol. The maximum atomic E-state index is 13.6. The van der Waals surface area contributed by atoms with E-state index in [1.54, 1.807) is 10.9 Å². The Morgan fingerprint density at radius 3 is 2.83 bits per heavy atom. The van der Waals surface area contributed by atoms with E-state index in [2.05, 4.69) is 10.4 Å². The molecular formula is C16H17F2N3O2. The van der Waals surface area contributed by atoms with E-state index in [0.717, 1.165) is 38.0 Å². The van der Waals surface area contributed by atoms with Crippen LogP contribution in [0.3, 0.4) is 0 Å². The van der Waals surface area contributed by atoms with Crippen LogP contribution in [0.25, 0.3) is 0 Å². The number of nitrogens with zero attached hydrogens (tertiary/aromatic N) is 2. The molecule has 0 bridgehead atoms. The highest BCUT2D eigenvalue weighted by Crippen LogP contribution is 2.17. The molecular weight excluding hydrogens is 304 g/mol. The SMILES string of the molecule is O=C(Nc1cnn(C[C@H]2CCCCO2)c1)c1c(F)cccc1F. The van der Waals surface area contributed by atoms with Crippen LogP contribution >= 0.6 is 0 Å². The van der Waals surface area contributed by atoms with Gasteiger partial charge in [-0.3, -0.25) is 9.48 Å². The number of benzene rings is 1. The molecule has 122 valence electrons. The van der Waals surface area contributed by atoms with Crippen LogP contribution in [0.15, 0.2) is 30.6 Å². The fourth-order valence-electron chi connectivity index (χ4n) is 2.60. The van der Waals surface area contributed by atoms with Gasteiger partial charge >= 0.3 is 0 Å². The zero-order valence-electron chi connectivity index (χ0n) is 12.5. The Hall–Kier alpha value is -2.28. The number of nitrogens with one attached hydrogen (secondary N) is 1. The van der Waals surface area contributed by atoms with Gasteiger partial charge in [0.05, 0.1) is 24.5 Å². The first kappa shape index (κ1) is 15.6. The summed E-state index contributed by atoms with van der Waals surface area (Å²) in [5.41, 5.74) is -0.218. The Labute approximate surface area is 132 Å². The van der Waals surface area contributed by atoms with Crippen molar-refractivity contribution in [3.8, 4) is 0 Å². The van der Waals surface area contributed by atoms with Crippen LogP contribution in [0.1, 0.15) is 29.6 Å². The fourth-order valence-corrected chi connectivity index (χ4v) is 2.60. The fraction of sp³-hybridized carbons (Fsp3) is 0.375. The molecule has 0 aliphatic carbocycles. The van der Waals surface area contributed by atoms with E-state index >= 15 is 0 Å². The van der Waals surface area contributed by atoms with Gasteiger partial charge in [0.2, 0.25) is 0 Å². The van der Waals surface area contributed by atoms with E-state index in [4.69, 9.17) is 4.74 Å². The number of anilines is 1. The molecule has 5 nitrogen and oxygen atoms in total. The Morgan fingerprint density at radius 2 is 2.13 bits per heavy atom. The highest BCUT2D eigenvalue weighted by Gasteiger charge is 2.18. The van der Waals surface area contributed by atoms with E-state index in [9.17, 15) is 13.6 Å². The van der Waals surface area contributed by atoms with Crippen LogP contribution in [-0.4, -0.2) is 28.4 Å². The van der Waals surface area contributed by atoms with Gasteiger partial charge in [-0.15, -0.1) is 0 Å². The lowest BCUT2D eigenvalue weighted by atomic mass is 10.1. The molecule has 1 fully saturated rings. The third kappa shape index (κ3) is 3.73. The van der Waals surface area contributed by atoms with Crippen LogP contribution < -0.4 is 5.32 Å². The molecule has 1 aromatic heterocycles. The molecule has 1 aliphatic heterocycles. The van der Waals surface area contributed by atoms with Gasteiger partial charge in [-0.05, 0) is 31.4 Å². The van der Waals surface area contributed by atoms with Gasteiger partial charge in [-0.25, -0.2) is 8.78 Å². The minimum Gasteiger partial charge on any atom is -0.376 e. The maximum Gasteiger partial charge on any atom is 0.261 e. The van der Waals surface area contributed by atoms with Gasteiger partial charge in [0.15, 0.2) is 0 Å². The van der Waals surface area contributed by atoms with Gasteiger partial charge in [0.1, 0.15) is 17.2 Å². The second-order valence-corrected chi connectivity index (χ2v) is 5.49. The number of amides is 1. The molecule has 2 heterocycles. The quantitative estimate of drug-likeness (QED) is 0.942. The number of hydrogen-bond acceptors (Lipinski definition) is 3. The van der Waals surface area contributed by atoms with E-state index < -0.39 is 23.1 Å². The molecule has 0 unspecified atom stereocenters. The lowest BCUT2D eigenvalue weighted by molar-refractivity contribution is 0.00401.